The zero-order valence-electron chi connectivity index (χ0n) is 28.2. The quantitative estimate of drug-likeness (QED) is 0.107. The number of nitrogens with one attached hydrogen (secondary N) is 1. The van der Waals surface area contributed by atoms with Crippen molar-refractivity contribution in [2.45, 2.75) is 56.7 Å². The van der Waals surface area contributed by atoms with Crippen molar-refractivity contribution in [1.29, 1.82) is 0 Å². The molecule has 0 spiro atoms. The third-order valence-electron chi connectivity index (χ3n) is 9.65. The maximum Gasteiger partial charge on any atom is 0.318 e. The molecule has 0 radical (unpaired) electrons. The monoisotopic (exact) mass is 668 g/mol. The predicted molar refractivity (Wildman–Crippen MR) is 191 cm³/mol. The lowest BCUT2D eigenvalue weighted by molar-refractivity contribution is -0.0557. The highest BCUT2D eigenvalue weighted by molar-refractivity contribution is 5.88. The maximum absolute atomic E-state index is 13.9. The van der Waals surface area contributed by atoms with Crippen molar-refractivity contribution in [3.63, 3.8) is 0 Å². The molecule has 0 amide bonds. The van der Waals surface area contributed by atoms with Gasteiger partial charge in [0, 0.05) is 30.8 Å². The van der Waals surface area contributed by atoms with Crippen LogP contribution in [0.5, 0.6) is 5.75 Å². The topological polar surface area (TPSA) is 72.4 Å². The van der Waals surface area contributed by atoms with Gasteiger partial charge in [-0.2, -0.15) is 0 Å². The molecule has 0 bridgehead atoms. The van der Waals surface area contributed by atoms with Gasteiger partial charge in [0.25, 0.3) is 0 Å². The Morgan fingerprint density at radius 3 is 2.53 bits per heavy atom. The van der Waals surface area contributed by atoms with Crippen LogP contribution in [0.25, 0.3) is 10.8 Å². The average Bonchev–Trinajstić information content (AvgIpc) is 3.65. The third-order valence-corrected chi connectivity index (χ3v) is 9.65. The summed E-state index contributed by atoms with van der Waals surface area (Å²) >= 11 is 0. The minimum absolute atomic E-state index is 0.132. The summed E-state index contributed by atoms with van der Waals surface area (Å²) in [5.74, 6) is 1.44. The van der Waals surface area contributed by atoms with Crippen molar-refractivity contribution in [2.75, 3.05) is 46.1 Å². The second-order valence-electron chi connectivity index (χ2n) is 13.2. The van der Waals surface area contributed by atoms with Crippen LogP contribution in [0.4, 0.5) is 4.39 Å². The van der Waals surface area contributed by atoms with E-state index < -0.39 is 6.10 Å². The Kier molecular flexibility index (Phi) is 12.8. The number of nitrogens with zero attached hydrogens (tertiary/aromatic N) is 1. The number of aliphatic hydroxyl groups excluding tert-OH is 1. The van der Waals surface area contributed by atoms with E-state index in [0.717, 1.165) is 86.8 Å². The Morgan fingerprint density at radius 2 is 1.69 bits per heavy atom. The van der Waals surface area contributed by atoms with Gasteiger partial charge in [-0.1, -0.05) is 91.7 Å². The molecule has 2 aliphatic heterocycles. The van der Waals surface area contributed by atoms with E-state index in [9.17, 15) is 9.50 Å². The van der Waals surface area contributed by atoms with Gasteiger partial charge in [-0.05, 0) is 79.5 Å². The average molecular weight is 669 g/mol. The molecule has 8 heteroatoms. The lowest BCUT2D eigenvalue weighted by atomic mass is 9.76. The van der Waals surface area contributed by atoms with E-state index in [2.05, 4.69) is 46.6 Å². The van der Waals surface area contributed by atoms with Crippen molar-refractivity contribution >= 4 is 10.8 Å². The fraction of sp³-hybridized carbons (Fsp3) is 0.415. The molecule has 4 unspecified atom stereocenters. The molecule has 4 aromatic carbocycles. The van der Waals surface area contributed by atoms with E-state index in [-0.39, 0.29) is 37.2 Å². The Labute approximate surface area is 289 Å². The molecule has 0 saturated carbocycles. The molecular formula is C41H49FN2O5. The summed E-state index contributed by atoms with van der Waals surface area (Å²) in [6.45, 7) is 4.74. The molecule has 0 aromatic heterocycles. The summed E-state index contributed by atoms with van der Waals surface area (Å²) in [5.41, 5.74) is 2.36. The number of likely N-dealkylation sites (tertiary alicyclic amines) is 1. The van der Waals surface area contributed by atoms with E-state index in [0.29, 0.717) is 12.5 Å². The lowest BCUT2D eigenvalue weighted by Gasteiger charge is -2.42. The van der Waals surface area contributed by atoms with Gasteiger partial charge in [0.15, 0.2) is 6.26 Å². The van der Waals surface area contributed by atoms with E-state index >= 15 is 0 Å². The molecule has 260 valence electrons. The van der Waals surface area contributed by atoms with Gasteiger partial charge < -0.3 is 34.3 Å². The van der Waals surface area contributed by atoms with Crippen LogP contribution in [0.15, 0.2) is 109 Å². The van der Waals surface area contributed by atoms with Crippen LogP contribution in [-0.2, 0) is 20.6 Å². The smallest absolute Gasteiger partial charge is 0.318 e. The fourth-order valence-electron chi connectivity index (χ4n) is 7.10. The molecule has 49 heavy (non-hydrogen) atoms. The Hall–Kier alpha value is -4.11. The van der Waals surface area contributed by atoms with Gasteiger partial charge in [0.2, 0.25) is 6.79 Å². The Morgan fingerprint density at radius 1 is 0.898 bits per heavy atom. The predicted octanol–water partition coefficient (Wildman–Crippen LogP) is 7.41. The first kappa shape index (κ1) is 34.7. The number of piperidine rings is 1. The molecule has 4 aromatic rings. The van der Waals surface area contributed by atoms with E-state index in [4.69, 9.17) is 18.9 Å². The molecule has 6 rings (SSSR count). The molecule has 1 fully saturated rings. The largest absolute Gasteiger partial charge is 0.490 e. The standard InChI is InChI=1S/C41H49FN2O5/c42-34-19-17-33(18-20-34)36-21-24-44(27-38(36)40(49-41-29-46-30-48-41)25-31-11-4-3-5-12-31)23-9-2-1-8-22-43-26-35(45)28-47-39-16-10-14-32-13-6-7-15-37(32)39/h3-7,10-20,29,35-36,38,40,43,45H,1-2,8-9,21-28,30H2. The van der Waals surface area contributed by atoms with E-state index in [1.165, 1.54) is 5.56 Å². The number of aliphatic hydroxyl groups is 1. The number of rotatable bonds is 18. The highest BCUT2D eigenvalue weighted by Gasteiger charge is 2.38. The first-order chi connectivity index (χ1) is 24.1. The van der Waals surface area contributed by atoms with E-state index in [1.807, 2.05) is 48.5 Å². The van der Waals surface area contributed by atoms with Gasteiger partial charge in [0.1, 0.15) is 30.4 Å². The van der Waals surface area contributed by atoms with Gasteiger partial charge in [-0.3, -0.25) is 0 Å². The van der Waals surface area contributed by atoms with E-state index in [1.54, 1.807) is 18.4 Å². The van der Waals surface area contributed by atoms with Crippen LogP contribution >= 0.6 is 0 Å². The van der Waals surface area contributed by atoms with Gasteiger partial charge in [-0.15, -0.1) is 0 Å². The van der Waals surface area contributed by atoms with Crippen molar-refractivity contribution in [3.8, 4) is 5.75 Å². The Bertz CT molecular complexity index is 1600. The second kappa shape index (κ2) is 18.0. The van der Waals surface area contributed by atoms with Crippen LogP contribution < -0.4 is 10.1 Å². The molecule has 2 heterocycles. The summed E-state index contributed by atoms with van der Waals surface area (Å²) < 4.78 is 37.2. The number of halogens is 1. The van der Waals surface area contributed by atoms with Crippen LogP contribution in [-0.4, -0.2) is 68.3 Å². The van der Waals surface area contributed by atoms with Crippen molar-refractivity contribution < 1.29 is 28.4 Å². The van der Waals surface area contributed by atoms with Crippen molar-refractivity contribution in [2.24, 2.45) is 5.92 Å². The molecule has 2 N–H and O–H groups in total. The number of benzene rings is 4. The lowest BCUT2D eigenvalue weighted by Crippen LogP contribution is -2.46. The summed E-state index contributed by atoms with van der Waals surface area (Å²) in [6.07, 6.45) is 7.07. The number of ether oxygens (including phenoxy) is 4. The van der Waals surface area contributed by atoms with Gasteiger partial charge in [0.05, 0.1) is 0 Å². The molecule has 0 aliphatic carbocycles. The van der Waals surface area contributed by atoms with Crippen LogP contribution in [0, 0.1) is 11.7 Å². The Balaban J connectivity index is 0.949. The third kappa shape index (κ3) is 10.2. The number of unbranched alkanes of at least 4 members (excludes halogenated alkanes) is 3. The molecule has 1 saturated heterocycles. The second-order valence-corrected chi connectivity index (χ2v) is 13.2. The zero-order valence-corrected chi connectivity index (χ0v) is 28.2. The highest BCUT2D eigenvalue weighted by Crippen LogP contribution is 2.38. The first-order valence-corrected chi connectivity index (χ1v) is 17.7. The highest BCUT2D eigenvalue weighted by atomic mass is 19.1. The summed E-state index contributed by atoms with van der Waals surface area (Å²) in [4.78, 5) is 2.57. The van der Waals surface area contributed by atoms with Crippen molar-refractivity contribution in [3.05, 3.63) is 126 Å². The minimum Gasteiger partial charge on any atom is -0.490 e. The first-order valence-electron chi connectivity index (χ1n) is 17.7. The molecule has 2 aliphatic rings. The number of hydrogen-bond donors (Lipinski definition) is 2. The molecule has 4 atom stereocenters. The summed E-state index contributed by atoms with van der Waals surface area (Å²) in [7, 11) is 0. The number of hydrogen-bond acceptors (Lipinski definition) is 7. The van der Waals surface area contributed by atoms with Crippen LogP contribution in [0.2, 0.25) is 0 Å². The van der Waals surface area contributed by atoms with Crippen LogP contribution in [0.1, 0.15) is 49.1 Å². The summed E-state index contributed by atoms with van der Waals surface area (Å²) in [5, 5.41) is 16.0. The van der Waals surface area contributed by atoms with Crippen LogP contribution in [0.3, 0.4) is 0 Å². The van der Waals surface area contributed by atoms with Gasteiger partial charge in [-0.25, -0.2) is 4.39 Å². The maximum atomic E-state index is 13.9. The normalized spacial score (nSPS) is 19.1. The minimum atomic E-state index is -0.566. The molecule has 7 nitrogen and oxygen atoms in total. The fourth-order valence-corrected chi connectivity index (χ4v) is 7.10. The van der Waals surface area contributed by atoms with Gasteiger partial charge >= 0.3 is 5.95 Å². The van der Waals surface area contributed by atoms with Crippen molar-refractivity contribution in [1.82, 2.24) is 10.2 Å². The SMILES string of the molecule is OC(CNCCCCCCN1CCC(c2ccc(F)cc2)C(C(Cc2ccccc2)OC2=COCO2)C1)COc1cccc2ccccc12. The molecular weight excluding hydrogens is 619 g/mol. The zero-order chi connectivity index (χ0) is 33.7. The summed E-state index contributed by atoms with van der Waals surface area (Å²) in [6, 6.07) is 31.5. The number of fused-ring (bicyclic) bond motifs is 1.